The van der Waals surface area contributed by atoms with Crippen molar-refractivity contribution in [3.63, 3.8) is 0 Å². The van der Waals surface area contributed by atoms with Crippen LogP contribution in [-0.2, 0) is 13.1 Å². The smallest absolute Gasteiger partial charge is 0.255 e. The van der Waals surface area contributed by atoms with Gasteiger partial charge in [-0.25, -0.2) is 18.7 Å². The van der Waals surface area contributed by atoms with Crippen LogP contribution < -0.4 is 10.6 Å². The van der Waals surface area contributed by atoms with Crippen molar-refractivity contribution in [2.75, 3.05) is 23.7 Å². The van der Waals surface area contributed by atoms with E-state index in [9.17, 15) is 13.6 Å². The number of pyridine rings is 2. The summed E-state index contributed by atoms with van der Waals surface area (Å²) in [6, 6.07) is 3.65. The highest BCUT2D eigenvalue weighted by Crippen LogP contribution is 2.32. The lowest BCUT2D eigenvalue weighted by molar-refractivity contribution is -0.0221. The average Bonchev–Trinajstić information content (AvgIpc) is 2.93. The molecule has 4 heterocycles. The summed E-state index contributed by atoms with van der Waals surface area (Å²) in [6.45, 7) is 3.36. The molecule has 4 rings (SSSR count). The normalized spacial score (nSPS) is 18.7. The molecule has 0 unspecified atom stereocenters. The fourth-order valence-electron chi connectivity index (χ4n) is 3.75. The first-order valence-corrected chi connectivity index (χ1v) is 8.95. The molecule has 1 saturated heterocycles. The van der Waals surface area contributed by atoms with Gasteiger partial charge in [0.25, 0.3) is 11.8 Å². The second-order valence-corrected chi connectivity index (χ2v) is 7.21. The van der Waals surface area contributed by atoms with Gasteiger partial charge in [0.2, 0.25) is 0 Å². The predicted molar refractivity (Wildman–Crippen MR) is 97.6 cm³/mol. The Balaban J connectivity index is 1.48. The molecule has 2 aromatic rings. The Morgan fingerprint density at radius 1 is 1.26 bits per heavy atom. The first kappa shape index (κ1) is 17.6. The van der Waals surface area contributed by atoms with E-state index in [0.717, 1.165) is 22.5 Å². The van der Waals surface area contributed by atoms with Crippen LogP contribution in [0.1, 0.15) is 39.9 Å². The summed E-state index contributed by atoms with van der Waals surface area (Å²) >= 11 is 0. The number of nitrogen functional groups attached to an aromatic ring is 1. The number of aryl methyl sites for hydroxylation is 1. The second kappa shape index (κ2) is 6.44. The molecule has 8 heteroatoms. The average molecular weight is 373 g/mol. The van der Waals surface area contributed by atoms with Crippen molar-refractivity contribution in [1.29, 1.82) is 0 Å². The van der Waals surface area contributed by atoms with E-state index in [-0.39, 0.29) is 18.7 Å². The fourth-order valence-corrected chi connectivity index (χ4v) is 3.75. The van der Waals surface area contributed by atoms with Gasteiger partial charge in [0.1, 0.15) is 11.6 Å². The van der Waals surface area contributed by atoms with E-state index in [2.05, 4.69) is 9.97 Å². The number of carbonyl (C=O) groups is 1. The number of alkyl halides is 2. The summed E-state index contributed by atoms with van der Waals surface area (Å²) in [5.41, 5.74) is 9.05. The Bertz CT molecular complexity index is 892. The summed E-state index contributed by atoms with van der Waals surface area (Å²) < 4.78 is 26.7. The SMILES string of the molecule is Cc1cc(CN2Cc3c(ccnc3N)C2=O)cnc1N1CCC(F)(F)CC1. The van der Waals surface area contributed by atoms with Gasteiger partial charge < -0.3 is 15.5 Å². The lowest BCUT2D eigenvalue weighted by Crippen LogP contribution is -2.40. The van der Waals surface area contributed by atoms with Gasteiger partial charge in [-0.3, -0.25) is 4.79 Å². The van der Waals surface area contributed by atoms with Gasteiger partial charge in [-0.05, 0) is 30.2 Å². The molecule has 6 nitrogen and oxygen atoms in total. The number of nitrogens with two attached hydrogens (primary N) is 1. The van der Waals surface area contributed by atoms with Gasteiger partial charge in [0.15, 0.2) is 0 Å². The number of fused-ring (bicyclic) bond motifs is 1. The molecule has 2 aliphatic rings. The topological polar surface area (TPSA) is 75.4 Å². The third kappa shape index (κ3) is 3.31. The van der Waals surface area contributed by atoms with E-state index in [4.69, 9.17) is 5.73 Å². The van der Waals surface area contributed by atoms with Crippen LogP contribution in [0.4, 0.5) is 20.4 Å². The molecule has 1 amide bonds. The molecule has 0 aromatic carbocycles. The number of aromatic nitrogens is 2. The van der Waals surface area contributed by atoms with Gasteiger partial charge in [0.05, 0.1) is 6.54 Å². The van der Waals surface area contributed by atoms with Crippen LogP contribution in [0.15, 0.2) is 24.5 Å². The molecular formula is C19H21F2N5O. The van der Waals surface area contributed by atoms with Crippen molar-refractivity contribution < 1.29 is 13.6 Å². The van der Waals surface area contributed by atoms with Crippen LogP contribution in [0.3, 0.4) is 0 Å². The summed E-state index contributed by atoms with van der Waals surface area (Å²) in [4.78, 5) is 24.7. The maximum Gasteiger partial charge on any atom is 0.255 e. The Labute approximate surface area is 156 Å². The van der Waals surface area contributed by atoms with Crippen molar-refractivity contribution in [1.82, 2.24) is 14.9 Å². The molecule has 0 saturated carbocycles. The van der Waals surface area contributed by atoms with Gasteiger partial charge in [-0.2, -0.15) is 0 Å². The number of rotatable bonds is 3. The van der Waals surface area contributed by atoms with Gasteiger partial charge in [0, 0.05) is 56.0 Å². The molecule has 0 aliphatic carbocycles. The molecule has 27 heavy (non-hydrogen) atoms. The minimum Gasteiger partial charge on any atom is -0.383 e. The molecule has 2 aromatic heterocycles. The number of piperidine rings is 1. The number of hydrogen-bond acceptors (Lipinski definition) is 5. The van der Waals surface area contributed by atoms with Crippen LogP contribution in [0.25, 0.3) is 0 Å². The number of carbonyl (C=O) groups excluding carboxylic acids is 1. The number of halogens is 2. The highest BCUT2D eigenvalue weighted by Gasteiger charge is 2.35. The number of hydrogen-bond donors (Lipinski definition) is 1. The maximum atomic E-state index is 13.4. The van der Waals surface area contributed by atoms with E-state index >= 15 is 0 Å². The van der Waals surface area contributed by atoms with Gasteiger partial charge in [-0.1, -0.05) is 0 Å². The lowest BCUT2D eigenvalue weighted by Gasteiger charge is -2.33. The van der Waals surface area contributed by atoms with Crippen molar-refractivity contribution >= 4 is 17.5 Å². The Morgan fingerprint density at radius 2 is 2.00 bits per heavy atom. The van der Waals surface area contributed by atoms with E-state index in [1.807, 2.05) is 17.9 Å². The van der Waals surface area contributed by atoms with E-state index < -0.39 is 5.92 Å². The van der Waals surface area contributed by atoms with Gasteiger partial charge >= 0.3 is 0 Å². The number of amides is 1. The second-order valence-electron chi connectivity index (χ2n) is 7.21. The summed E-state index contributed by atoms with van der Waals surface area (Å²) in [5, 5.41) is 0. The minimum atomic E-state index is -2.58. The molecule has 0 radical (unpaired) electrons. The Kier molecular flexibility index (Phi) is 4.20. The highest BCUT2D eigenvalue weighted by molar-refractivity contribution is 5.99. The summed E-state index contributed by atoms with van der Waals surface area (Å²) in [7, 11) is 0. The zero-order valence-electron chi connectivity index (χ0n) is 15.1. The fraction of sp³-hybridized carbons (Fsp3) is 0.421. The molecule has 2 aliphatic heterocycles. The molecule has 0 bridgehead atoms. The number of nitrogens with zero attached hydrogens (tertiary/aromatic N) is 4. The highest BCUT2D eigenvalue weighted by atomic mass is 19.3. The monoisotopic (exact) mass is 373 g/mol. The third-order valence-electron chi connectivity index (χ3n) is 5.23. The van der Waals surface area contributed by atoms with Crippen LogP contribution in [0, 0.1) is 6.92 Å². The molecule has 0 spiro atoms. The minimum absolute atomic E-state index is 0.0703. The third-order valence-corrected chi connectivity index (χ3v) is 5.23. The maximum absolute atomic E-state index is 13.4. The molecule has 142 valence electrons. The van der Waals surface area contributed by atoms with E-state index in [1.54, 1.807) is 17.2 Å². The van der Waals surface area contributed by atoms with Crippen LogP contribution >= 0.6 is 0 Å². The van der Waals surface area contributed by atoms with Crippen molar-refractivity contribution in [2.45, 2.75) is 38.8 Å². The predicted octanol–water partition coefficient (Wildman–Crippen LogP) is 2.76. The number of anilines is 2. The van der Waals surface area contributed by atoms with Gasteiger partial charge in [-0.15, -0.1) is 0 Å². The summed E-state index contributed by atoms with van der Waals surface area (Å²) in [6.07, 6.45) is 2.96. The summed E-state index contributed by atoms with van der Waals surface area (Å²) in [5.74, 6) is -1.53. The molecular weight excluding hydrogens is 352 g/mol. The standard InChI is InChI=1S/C19H21F2N5O/c1-12-8-13(9-24-17(12)25-6-3-19(20,21)4-7-25)10-26-11-15-14(18(26)27)2-5-23-16(15)22/h2,5,8-9H,3-4,6-7,10-11H2,1H3,(H2,22,23). The lowest BCUT2D eigenvalue weighted by atomic mass is 10.1. The zero-order chi connectivity index (χ0) is 19.2. The van der Waals surface area contributed by atoms with Crippen molar-refractivity contribution in [3.8, 4) is 0 Å². The first-order chi connectivity index (χ1) is 12.8. The van der Waals surface area contributed by atoms with Crippen molar-refractivity contribution in [2.24, 2.45) is 0 Å². The van der Waals surface area contributed by atoms with Crippen LogP contribution in [0.5, 0.6) is 0 Å². The Morgan fingerprint density at radius 3 is 2.67 bits per heavy atom. The Hall–Kier alpha value is -2.77. The molecule has 1 fully saturated rings. The molecule has 0 atom stereocenters. The molecule has 2 N–H and O–H groups in total. The van der Waals surface area contributed by atoms with E-state index in [1.165, 1.54) is 6.20 Å². The quantitative estimate of drug-likeness (QED) is 0.895. The largest absolute Gasteiger partial charge is 0.383 e. The zero-order valence-corrected chi connectivity index (χ0v) is 15.1. The van der Waals surface area contributed by atoms with Crippen LogP contribution in [-0.4, -0.2) is 39.8 Å². The van der Waals surface area contributed by atoms with Crippen molar-refractivity contribution in [3.05, 3.63) is 46.8 Å². The van der Waals surface area contributed by atoms with Crippen LogP contribution in [0.2, 0.25) is 0 Å². The van der Waals surface area contributed by atoms with E-state index in [0.29, 0.717) is 37.6 Å². The first-order valence-electron chi connectivity index (χ1n) is 8.95.